The number of nitrogens with one attached hydrogen (secondary N) is 1. The van der Waals surface area contributed by atoms with Gasteiger partial charge in [-0.2, -0.15) is 0 Å². The number of hydrogen-bond donors (Lipinski definition) is 1. The van der Waals surface area contributed by atoms with Crippen LogP contribution in [-0.2, 0) is 0 Å². The van der Waals surface area contributed by atoms with Crippen LogP contribution < -0.4 is 5.43 Å². The molecular weight excluding hydrogens is 354 g/mol. The Morgan fingerprint density at radius 1 is 1.00 bits per heavy atom. The van der Waals surface area contributed by atoms with Crippen molar-refractivity contribution < 1.29 is 4.79 Å². The molecule has 0 amide bonds. The van der Waals surface area contributed by atoms with E-state index in [-0.39, 0.29) is 0 Å². The lowest BCUT2D eigenvalue weighted by atomic mass is 10.1. The number of aldehydes is 1. The van der Waals surface area contributed by atoms with E-state index >= 15 is 0 Å². The van der Waals surface area contributed by atoms with Gasteiger partial charge in [-0.05, 0) is 29.8 Å². The van der Waals surface area contributed by atoms with Gasteiger partial charge in [-0.25, -0.2) is 0 Å². The summed E-state index contributed by atoms with van der Waals surface area (Å²) in [5.41, 5.74) is 8.36. The highest BCUT2D eigenvalue weighted by molar-refractivity contribution is 7.22. The lowest BCUT2D eigenvalue weighted by molar-refractivity contribution is 0.112. The van der Waals surface area contributed by atoms with Crippen LogP contribution in [-0.4, -0.2) is 15.9 Å². The Morgan fingerprint density at radius 3 is 2.70 bits per heavy atom. The maximum Gasteiger partial charge on any atom is 0.150 e. The van der Waals surface area contributed by atoms with E-state index in [9.17, 15) is 4.79 Å². The normalized spacial score (nSPS) is 11.1. The van der Waals surface area contributed by atoms with Crippen LogP contribution in [0.3, 0.4) is 0 Å². The third-order valence-corrected chi connectivity index (χ3v) is 5.79. The smallest absolute Gasteiger partial charge is 0.150 e. The molecule has 0 radical (unpaired) electrons. The van der Waals surface area contributed by atoms with E-state index in [2.05, 4.69) is 34.7 Å². The first-order valence-corrected chi connectivity index (χ1v) is 9.41. The molecule has 0 spiro atoms. The fourth-order valence-electron chi connectivity index (χ4n) is 3.20. The summed E-state index contributed by atoms with van der Waals surface area (Å²) in [6, 6.07) is 22.1. The van der Waals surface area contributed by atoms with Crippen LogP contribution in [0, 0.1) is 0 Å². The van der Waals surface area contributed by atoms with Crippen molar-refractivity contribution in [1.82, 2.24) is 9.66 Å². The van der Waals surface area contributed by atoms with Gasteiger partial charge in [0.15, 0.2) is 0 Å². The summed E-state index contributed by atoms with van der Waals surface area (Å²) in [5.74, 6) is 0. The van der Waals surface area contributed by atoms with E-state index < -0.39 is 0 Å². The summed E-state index contributed by atoms with van der Waals surface area (Å²) in [7, 11) is 0. The number of pyridine rings is 1. The van der Waals surface area contributed by atoms with Crippen LogP contribution in [0.5, 0.6) is 0 Å². The molecule has 5 heteroatoms. The second kappa shape index (κ2) is 6.37. The van der Waals surface area contributed by atoms with Crippen LogP contribution >= 0.6 is 11.3 Å². The topological polar surface area (TPSA) is 46.9 Å². The van der Waals surface area contributed by atoms with Crippen molar-refractivity contribution in [3.63, 3.8) is 0 Å². The minimum atomic E-state index is 0.680. The van der Waals surface area contributed by atoms with Crippen LogP contribution in [0.25, 0.3) is 31.6 Å². The number of hydrogen-bond acceptors (Lipinski definition) is 4. The lowest BCUT2D eigenvalue weighted by Gasteiger charge is -2.10. The Balaban J connectivity index is 1.57. The van der Waals surface area contributed by atoms with Crippen LogP contribution in [0.1, 0.15) is 10.4 Å². The van der Waals surface area contributed by atoms with E-state index in [4.69, 9.17) is 0 Å². The third kappa shape index (κ3) is 2.78. The molecule has 5 rings (SSSR count). The zero-order valence-corrected chi connectivity index (χ0v) is 15.1. The molecule has 0 atom stereocenters. The quantitative estimate of drug-likeness (QED) is 0.419. The number of fused-ring (bicyclic) bond motifs is 2. The van der Waals surface area contributed by atoms with Crippen LogP contribution in [0.15, 0.2) is 79.1 Å². The number of aromatic nitrogens is 2. The van der Waals surface area contributed by atoms with Gasteiger partial charge in [-0.15, -0.1) is 11.3 Å². The molecule has 27 heavy (non-hydrogen) atoms. The molecule has 0 aliphatic rings. The predicted octanol–water partition coefficient (Wildman–Crippen LogP) is 5.61. The summed E-state index contributed by atoms with van der Waals surface area (Å²) >= 11 is 1.69. The number of carbonyl (C=O) groups excluding carboxylic acids is 1. The lowest BCUT2D eigenvalue weighted by Crippen LogP contribution is -2.07. The summed E-state index contributed by atoms with van der Waals surface area (Å²) < 4.78 is 3.13. The first-order chi connectivity index (χ1) is 13.3. The van der Waals surface area contributed by atoms with Gasteiger partial charge in [0.1, 0.15) is 6.29 Å². The van der Waals surface area contributed by atoms with Crippen molar-refractivity contribution in [1.29, 1.82) is 0 Å². The molecule has 0 fully saturated rings. The zero-order valence-electron chi connectivity index (χ0n) is 14.3. The molecule has 0 aliphatic carbocycles. The standard InChI is InChI=1S/C22H15N3OS/c26-14-15-5-7-17(8-6-15)21-13-19-22(27-21)18(9-11-23-19)24-25-12-10-16-3-1-2-4-20(16)25/h1-14H,(H,23,24). The molecule has 0 saturated heterocycles. The Labute approximate surface area is 159 Å². The van der Waals surface area contributed by atoms with Crippen molar-refractivity contribution in [3.8, 4) is 10.4 Å². The first kappa shape index (κ1) is 15.8. The molecule has 5 aromatic rings. The zero-order chi connectivity index (χ0) is 18.2. The highest BCUT2D eigenvalue weighted by Crippen LogP contribution is 2.36. The second-order valence-corrected chi connectivity index (χ2v) is 7.33. The number of para-hydroxylation sites is 1. The average molecular weight is 369 g/mol. The van der Waals surface area contributed by atoms with Crippen LogP contribution in [0.4, 0.5) is 5.69 Å². The molecule has 3 heterocycles. The van der Waals surface area contributed by atoms with Gasteiger partial charge in [0, 0.05) is 28.2 Å². The SMILES string of the molecule is O=Cc1ccc(-c2cc3nccc(Nn4ccc5ccccc54)c3s2)cc1. The van der Waals surface area contributed by atoms with E-state index in [0.717, 1.165) is 38.1 Å². The van der Waals surface area contributed by atoms with Gasteiger partial charge >= 0.3 is 0 Å². The maximum atomic E-state index is 10.9. The second-order valence-electron chi connectivity index (χ2n) is 6.28. The summed E-state index contributed by atoms with van der Waals surface area (Å²) in [4.78, 5) is 16.5. The summed E-state index contributed by atoms with van der Waals surface area (Å²) in [6.45, 7) is 0. The van der Waals surface area contributed by atoms with Gasteiger partial charge in [0.25, 0.3) is 0 Å². The van der Waals surface area contributed by atoms with Crippen LogP contribution in [0.2, 0.25) is 0 Å². The predicted molar refractivity (Wildman–Crippen MR) is 111 cm³/mol. The van der Waals surface area contributed by atoms with Gasteiger partial charge in [-0.3, -0.25) is 19.9 Å². The van der Waals surface area contributed by atoms with E-state index in [0.29, 0.717) is 5.56 Å². The van der Waals surface area contributed by atoms with E-state index in [1.807, 2.05) is 59.5 Å². The van der Waals surface area contributed by atoms with Gasteiger partial charge in [0.2, 0.25) is 0 Å². The fraction of sp³-hybridized carbons (Fsp3) is 0. The van der Waals surface area contributed by atoms with Crippen molar-refractivity contribution in [3.05, 3.63) is 84.7 Å². The largest absolute Gasteiger partial charge is 0.298 e. The first-order valence-electron chi connectivity index (χ1n) is 8.59. The Hall–Kier alpha value is -3.44. The number of thiophene rings is 1. The maximum absolute atomic E-state index is 10.9. The molecule has 0 bridgehead atoms. The molecule has 0 unspecified atom stereocenters. The number of rotatable bonds is 4. The Bertz CT molecular complexity index is 1270. The number of nitrogens with zero attached hydrogens (tertiary/aromatic N) is 2. The van der Waals surface area contributed by atoms with Crippen molar-refractivity contribution in [2.45, 2.75) is 0 Å². The van der Waals surface area contributed by atoms with Gasteiger partial charge in [0.05, 0.1) is 21.4 Å². The number of carbonyl (C=O) groups is 1. The van der Waals surface area contributed by atoms with E-state index in [1.54, 1.807) is 11.3 Å². The minimum Gasteiger partial charge on any atom is -0.298 e. The van der Waals surface area contributed by atoms with Crippen molar-refractivity contribution in [2.24, 2.45) is 0 Å². The molecule has 0 aliphatic heterocycles. The van der Waals surface area contributed by atoms with E-state index in [1.165, 1.54) is 5.39 Å². The number of benzene rings is 2. The van der Waals surface area contributed by atoms with Gasteiger partial charge in [-0.1, -0.05) is 42.5 Å². The molecule has 3 aromatic heterocycles. The fourth-order valence-corrected chi connectivity index (χ4v) is 4.29. The number of anilines is 1. The Morgan fingerprint density at radius 2 is 1.85 bits per heavy atom. The van der Waals surface area contributed by atoms with Crippen molar-refractivity contribution >= 4 is 44.4 Å². The van der Waals surface area contributed by atoms with Crippen molar-refractivity contribution in [2.75, 3.05) is 5.43 Å². The molecule has 130 valence electrons. The Kier molecular flexibility index (Phi) is 3.73. The summed E-state index contributed by atoms with van der Waals surface area (Å²) in [5, 5.41) is 1.19. The summed E-state index contributed by atoms with van der Waals surface area (Å²) in [6.07, 6.45) is 4.71. The molecular formula is C22H15N3OS. The molecule has 1 N–H and O–H groups in total. The molecule has 2 aromatic carbocycles. The highest BCUT2D eigenvalue weighted by atomic mass is 32.1. The highest BCUT2D eigenvalue weighted by Gasteiger charge is 2.10. The average Bonchev–Trinajstić information content (AvgIpc) is 3.33. The third-order valence-electron chi connectivity index (χ3n) is 4.58. The molecule has 0 saturated carbocycles. The molecule has 4 nitrogen and oxygen atoms in total. The monoisotopic (exact) mass is 369 g/mol. The minimum absolute atomic E-state index is 0.680. The van der Waals surface area contributed by atoms with Gasteiger partial charge < -0.3 is 0 Å².